The fourth-order valence-corrected chi connectivity index (χ4v) is 7.46. The lowest BCUT2D eigenvalue weighted by Crippen LogP contribution is -2.46. The van der Waals surface area contributed by atoms with Gasteiger partial charge < -0.3 is 20.3 Å². The largest absolute Gasteiger partial charge is 0.462 e. The van der Waals surface area contributed by atoms with Crippen LogP contribution in [0.25, 0.3) is 0 Å². The molecule has 0 aliphatic rings. The number of hydrogen-bond donors (Lipinski definition) is 3. The van der Waals surface area contributed by atoms with Crippen LogP contribution in [-0.4, -0.2) is 46.9 Å². The third-order valence-electron chi connectivity index (χ3n) is 11.2. The van der Waals surface area contributed by atoms with Gasteiger partial charge in [-0.1, -0.05) is 248 Å². The molecule has 0 aliphatic heterocycles. The quantitative estimate of drug-likeness (QED) is 0.0323. The third-order valence-corrected chi connectivity index (χ3v) is 11.2. The van der Waals surface area contributed by atoms with Crippen molar-refractivity contribution in [3.63, 3.8) is 0 Å². The average Bonchev–Trinajstić information content (AvgIpc) is 3.23. The summed E-state index contributed by atoms with van der Waals surface area (Å²) in [6.07, 6.45) is 57.2. The van der Waals surface area contributed by atoms with Crippen LogP contribution in [0.1, 0.15) is 239 Å². The van der Waals surface area contributed by atoms with E-state index in [9.17, 15) is 19.8 Å². The number of unbranched alkanes of at least 4 members (excludes halogenated alkanes) is 26. The number of hydrogen-bond acceptors (Lipinski definition) is 5. The molecule has 0 aromatic heterocycles. The van der Waals surface area contributed by atoms with Gasteiger partial charge in [-0.3, -0.25) is 9.59 Å². The first-order valence-electron chi connectivity index (χ1n) is 25.1. The van der Waals surface area contributed by atoms with Gasteiger partial charge in [0.15, 0.2) is 0 Å². The fraction of sp³-hybridized carbons (Fsp3) is 0.774. The van der Waals surface area contributed by atoms with Gasteiger partial charge in [0.25, 0.3) is 0 Å². The number of carbonyl (C=O) groups is 2. The lowest BCUT2D eigenvalue weighted by atomic mass is 10.0. The maximum Gasteiger partial charge on any atom is 0.306 e. The molecule has 59 heavy (non-hydrogen) atoms. The maximum absolute atomic E-state index is 13.1. The number of rotatable bonds is 44. The Hall–Kier alpha value is -2.44. The standard InChI is InChI=1S/C53H95NO5/c1-4-7-10-13-16-19-22-24-25-26-27-29-31-34-37-40-43-46-53(58)59-49(44-41-38-35-32-30-28-23-20-17-14-11-8-5-2)47-52(57)54-50(48-55)51(56)45-42-39-36-33-21-18-15-12-9-6-3/h8,11,14,17,20,23,28,30,32,35,49-51,55-56H,4-7,9-10,12-13,15-16,18-19,21-22,24-27,29,31,33-34,36-48H2,1-3H3,(H,54,57)/b11-8+,17-14+,23-20-,30-28-,35-32+. The molecule has 0 radical (unpaired) electrons. The highest BCUT2D eigenvalue weighted by molar-refractivity contribution is 5.77. The number of esters is 1. The monoisotopic (exact) mass is 826 g/mol. The third kappa shape index (κ3) is 42.1. The Balaban J connectivity index is 4.63. The van der Waals surface area contributed by atoms with E-state index in [0.29, 0.717) is 19.3 Å². The second-order valence-electron chi connectivity index (χ2n) is 17.0. The molecule has 0 heterocycles. The number of carbonyl (C=O) groups excluding carboxylic acids is 2. The van der Waals surface area contributed by atoms with Crippen LogP contribution in [0.4, 0.5) is 0 Å². The summed E-state index contributed by atoms with van der Waals surface area (Å²) in [5, 5.41) is 23.6. The van der Waals surface area contributed by atoms with Gasteiger partial charge in [-0.2, -0.15) is 0 Å². The topological polar surface area (TPSA) is 95.9 Å². The predicted octanol–water partition coefficient (Wildman–Crippen LogP) is 14.8. The summed E-state index contributed by atoms with van der Waals surface area (Å²) < 4.78 is 5.89. The average molecular weight is 826 g/mol. The molecular formula is C53H95NO5. The summed E-state index contributed by atoms with van der Waals surface area (Å²) >= 11 is 0. The van der Waals surface area contributed by atoms with E-state index in [-0.39, 0.29) is 24.9 Å². The van der Waals surface area contributed by atoms with Crippen molar-refractivity contribution in [1.82, 2.24) is 5.32 Å². The molecule has 342 valence electrons. The maximum atomic E-state index is 13.1. The Bertz CT molecular complexity index is 1060. The van der Waals surface area contributed by atoms with E-state index in [1.165, 1.54) is 135 Å². The highest BCUT2D eigenvalue weighted by atomic mass is 16.5. The molecule has 0 aliphatic carbocycles. The van der Waals surface area contributed by atoms with Crippen molar-refractivity contribution < 1.29 is 24.5 Å². The molecule has 6 heteroatoms. The fourth-order valence-electron chi connectivity index (χ4n) is 7.46. The van der Waals surface area contributed by atoms with Crippen LogP contribution in [0.5, 0.6) is 0 Å². The van der Waals surface area contributed by atoms with E-state index in [4.69, 9.17) is 4.74 Å². The summed E-state index contributed by atoms with van der Waals surface area (Å²) in [5.41, 5.74) is 0. The van der Waals surface area contributed by atoms with Crippen molar-refractivity contribution in [2.24, 2.45) is 0 Å². The molecule has 0 aromatic carbocycles. The molecule has 0 rings (SSSR count). The van der Waals surface area contributed by atoms with E-state index in [0.717, 1.165) is 57.8 Å². The highest BCUT2D eigenvalue weighted by Gasteiger charge is 2.24. The van der Waals surface area contributed by atoms with Crippen LogP contribution in [0, 0.1) is 0 Å². The van der Waals surface area contributed by atoms with Gasteiger partial charge in [-0.05, 0) is 38.5 Å². The minimum absolute atomic E-state index is 0.0294. The number of aliphatic hydroxyl groups is 2. The van der Waals surface area contributed by atoms with Crippen LogP contribution in [-0.2, 0) is 14.3 Å². The van der Waals surface area contributed by atoms with Gasteiger partial charge in [-0.15, -0.1) is 0 Å². The summed E-state index contributed by atoms with van der Waals surface area (Å²) in [7, 11) is 0. The Morgan fingerprint density at radius 2 is 0.915 bits per heavy atom. The summed E-state index contributed by atoms with van der Waals surface area (Å²) in [5.74, 6) is -0.542. The molecule has 0 bridgehead atoms. The Morgan fingerprint density at radius 3 is 1.36 bits per heavy atom. The van der Waals surface area contributed by atoms with Crippen molar-refractivity contribution in [2.75, 3.05) is 6.61 Å². The first-order chi connectivity index (χ1) is 29.0. The van der Waals surface area contributed by atoms with Crippen molar-refractivity contribution in [1.29, 1.82) is 0 Å². The zero-order valence-corrected chi connectivity index (χ0v) is 38.9. The van der Waals surface area contributed by atoms with Gasteiger partial charge in [0.2, 0.25) is 5.91 Å². The van der Waals surface area contributed by atoms with Crippen LogP contribution < -0.4 is 5.32 Å². The molecule has 3 N–H and O–H groups in total. The number of amides is 1. The van der Waals surface area contributed by atoms with Crippen LogP contribution in [0.15, 0.2) is 60.8 Å². The van der Waals surface area contributed by atoms with Crippen LogP contribution in [0.3, 0.4) is 0 Å². The van der Waals surface area contributed by atoms with Gasteiger partial charge in [-0.25, -0.2) is 0 Å². The van der Waals surface area contributed by atoms with Crippen LogP contribution in [0.2, 0.25) is 0 Å². The number of nitrogens with one attached hydrogen (secondary N) is 1. The van der Waals surface area contributed by atoms with E-state index < -0.39 is 18.2 Å². The van der Waals surface area contributed by atoms with E-state index in [1.54, 1.807) is 0 Å². The zero-order valence-electron chi connectivity index (χ0n) is 38.9. The van der Waals surface area contributed by atoms with Crippen molar-refractivity contribution in [3.05, 3.63) is 60.8 Å². The van der Waals surface area contributed by atoms with Gasteiger partial charge >= 0.3 is 5.97 Å². The van der Waals surface area contributed by atoms with Crippen molar-refractivity contribution in [2.45, 2.75) is 257 Å². The van der Waals surface area contributed by atoms with E-state index >= 15 is 0 Å². The van der Waals surface area contributed by atoms with Gasteiger partial charge in [0.05, 0.1) is 25.2 Å². The molecule has 6 nitrogen and oxygen atoms in total. The molecule has 0 spiro atoms. The number of ether oxygens (including phenoxy) is 1. The summed E-state index contributed by atoms with van der Waals surface area (Å²) in [6, 6.07) is -0.723. The van der Waals surface area contributed by atoms with Gasteiger partial charge in [0.1, 0.15) is 6.10 Å². The lowest BCUT2D eigenvalue weighted by molar-refractivity contribution is -0.151. The summed E-state index contributed by atoms with van der Waals surface area (Å²) in [4.78, 5) is 26.1. The molecular weight excluding hydrogens is 731 g/mol. The summed E-state index contributed by atoms with van der Waals surface area (Å²) in [6.45, 7) is 6.31. The molecule has 0 aromatic rings. The molecule has 3 atom stereocenters. The molecule has 3 unspecified atom stereocenters. The Kier molecular flexibility index (Phi) is 44.7. The van der Waals surface area contributed by atoms with Crippen LogP contribution >= 0.6 is 0 Å². The van der Waals surface area contributed by atoms with Crippen molar-refractivity contribution >= 4 is 11.9 Å². The first kappa shape index (κ1) is 56.6. The Morgan fingerprint density at radius 1 is 0.508 bits per heavy atom. The molecule has 1 amide bonds. The second-order valence-corrected chi connectivity index (χ2v) is 17.0. The minimum atomic E-state index is -0.805. The molecule has 0 saturated heterocycles. The zero-order chi connectivity index (χ0) is 43.1. The van der Waals surface area contributed by atoms with E-state index in [1.807, 2.05) is 48.6 Å². The second kappa shape index (κ2) is 46.6. The number of allylic oxidation sites excluding steroid dienone is 10. The van der Waals surface area contributed by atoms with Gasteiger partial charge in [0, 0.05) is 6.42 Å². The first-order valence-corrected chi connectivity index (χ1v) is 25.1. The van der Waals surface area contributed by atoms with Crippen molar-refractivity contribution in [3.8, 4) is 0 Å². The minimum Gasteiger partial charge on any atom is -0.462 e. The molecule has 0 fully saturated rings. The predicted molar refractivity (Wildman–Crippen MR) is 255 cm³/mol. The normalized spacial score (nSPS) is 13.8. The SMILES string of the molecule is CC/C=C/C=C/C=C\C=C/C=C/CCCC(CC(=O)NC(CO)C(O)CCCCCCCCCCCC)OC(=O)CCCCCCCCCCCCCCCCCCC. The molecule has 0 saturated carbocycles. The lowest BCUT2D eigenvalue weighted by Gasteiger charge is -2.24. The number of aliphatic hydroxyl groups excluding tert-OH is 2. The highest BCUT2D eigenvalue weighted by Crippen LogP contribution is 2.17. The van der Waals surface area contributed by atoms with E-state index in [2.05, 4.69) is 38.2 Å². The Labute approximate surface area is 365 Å². The smallest absolute Gasteiger partial charge is 0.306 e.